The second kappa shape index (κ2) is 6.63. The SMILES string of the molecule is Cn1c(CCCNC(=O)CC2(C(=O)O)CCC2)nc2ccccc21. The van der Waals surface area contributed by atoms with E-state index in [-0.39, 0.29) is 12.3 Å². The maximum atomic E-state index is 12.0. The Labute approximate surface area is 140 Å². The molecule has 1 fully saturated rings. The lowest BCUT2D eigenvalue weighted by atomic mass is 9.66. The van der Waals surface area contributed by atoms with Crippen LogP contribution in [-0.2, 0) is 23.1 Å². The average Bonchev–Trinajstić information content (AvgIpc) is 2.84. The van der Waals surface area contributed by atoms with Crippen molar-refractivity contribution in [2.24, 2.45) is 12.5 Å². The lowest BCUT2D eigenvalue weighted by Crippen LogP contribution is -2.42. The first-order chi connectivity index (χ1) is 11.5. The molecule has 0 unspecified atom stereocenters. The molecule has 0 bridgehead atoms. The summed E-state index contributed by atoms with van der Waals surface area (Å²) in [6, 6.07) is 7.99. The molecule has 6 heteroatoms. The first-order valence-corrected chi connectivity index (χ1v) is 8.42. The predicted octanol–water partition coefficient (Wildman–Crippen LogP) is 2.27. The Kier molecular flexibility index (Phi) is 4.55. The van der Waals surface area contributed by atoms with Crippen molar-refractivity contribution in [3.05, 3.63) is 30.1 Å². The van der Waals surface area contributed by atoms with Crippen LogP contribution in [-0.4, -0.2) is 33.1 Å². The van der Waals surface area contributed by atoms with E-state index in [2.05, 4.69) is 14.9 Å². The van der Waals surface area contributed by atoms with Crippen molar-refractivity contribution >= 4 is 22.9 Å². The van der Waals surface area contributed by atoms with E-state index in [0.717, 1.165) is 36.1 Å². The Morgan fingerprint density at radius 3 is 2.71 bits per heavy atom. The third-order valence-corrected chi connectivity index (χ3v) is 5.04. The summed E-state index contributed by atoms with van der Waals surface area (Å²) in [6.07, 6.45) is 3.75. The molecular weight excluding hydrogens is 306 g/mol. The molecule has 24 heavy (non-hydrogen) atoms. The number of amides is 1. The molecule has 1 heterocycles. The summed E-state index contributed by atoms with van der Waals surface area (Å²) in [4.78, 5) is 27.9. The lowest BCUT2D eigenvalue weighted by molar-refractivity contribution is -0.157. The molecule has 0 aliphatic heterocycles. The zero-order valence-electron chi connectivity index (χ0n) is 13.9. The molecule has 1 amide bonds. The summed E-state index contributed by atoms with van der Waals surface area (Å²) in [6.45, 7) is 0.539. The number of carbonyl (C=O) groups excluding carboxylic acids is 1. The van der Waals surface area contributed by atoms with Gasteiger partial charge < -0.3 is 15.0 Å². The number of hydrogen-bond donors (Lipinski definition) is 2. The number of fused-ring (bicyclic) bond motifs is 1. The van der Waals surface area contributed by atoms with E-state index in [9.17, 15) is 14.7 Å². The third kappa shape index (κ3) is 3.13. The van der Waals surface area contributed by atoms with Crippen molar-refractivity contribution in [1.82, 2.24) is 14.9 Å². The van der Waals surface area contributed by atoms with Crippen LogP contribution in [0, 0.1) is 5.41 Å². The fraction of sp³-hybridized carbons (Fsp3) is 0.500. The van der Waals surface area contributed by atoms with Crippen LogP contribution in [0.1, 0.15) is 37.9 Å². The maximum absolute atomic E-state index is 12.0. The Morgan fingerprint density at radius 1 is 1.33 bits per heavy atom. The van der Waals surface area contributed by atoms with Crippen molar-refractivity contribution in [1.29, 1.82) is 0 Å². The van der Waals surface area contributed by atoms with Gasteiger partial charge in [-0.2, -0.15) is 0 Å². The minimum absolute atomic E-state index is 0.0919. The van der Waals surface area contributed by atoms with Crippen molar-refractivity contribution < 1.29 is 14.7 Å². The highest BCUT2D eigenvalue weighted by atomic mass is 16.4. The van der Waals surface area contributed by atoms with Crippen LogP contribution in [0.4, 0.5) is 0 Å². The quantitative estimate of drug-likeness (QED) is 0.763. The van der Waals surface area contributed by atoms with Crippen LogP contribution < -0.4 is 5.32 Å². The van der Waals surface area contributed by atoms with Crippen LogP contribution in [0.3, 0.4) is 0 Å². The number of para-hydroxylation sites is 2. The van der Waals surface area contributed by atoms with E-state index >= 15 is 0 Å². The van der Waals surface area contributed by atoms with E-state index < -0.39 is 11.4 Å². The first kappa shape index (κ1) is 16.5. The molecule has 0 saturated heterocycles. The lowest BCUT2D eigenvalue weighted by Gasteiger charge is -2.36. The van der Waals surface area contributed by atoms with Gasteiger partial charge in [0, 0.05) is 26.4 Å². The Morgan fingerprint density at radius 2 is 2.08 bits per heavy atom. The highest BCUT2D eigenvalue weighted by Crippen LogP contribution is 2.44. The van der Waals surface area contributed by atoms with Gasteiger partial charge in [0.05, 0.1) is 16.4 Å². The molecule has 2 N–H and O–H groups in total. The molecular formula is C18H23N3O3. The van der Waals surface area contributed by atoms with Crippen LogP contribution in [0.2, 0.25) is 0 Å². The maximum Gasteiger partial charge on any atom is 0.310 e. The largest absolute Gasteiger partial charge is 0.481 e. The predicted molar refractivity (Wildman–Crippen MR) is 90.6 cm³/mol. The van der Waals surface area contributed by atoms with Gasteiger partial charge in [-0.3, -0.25) is 9.59 Å². The second-order valence-electron chi connectivity index (χ2n) is 6.65. The van der Waals surface area contributed by atoms with Crippen LogP contribution in [0.15, 0.2) is 24.3 Å². The number of hydrogen-bond acceptors (Lipinski definition) is 3. The monoisotopic (exact) mass is 329 g/mol. The Bertz CT molecular complexity index is 762. The zero-order chi connectivity index (χ0) is 17.2. The molecule has 1 aromatic heterocycles. The second-order valence-corrected chi connectivity index (χ2v) is 6.65. The molecule has 128 valence electrons. The Balaban J connectivity index is 1.47. The molecule has 6 nitrogen and oxygen atoms in total. The van der Waals surface area contributed by atoms with Gasteiger partial charge in [-0.15, -0.1) is 0 Å². The molecule has 3 rings (SSSR count). The standard InChI is InChI=1S/C18H23N3O3/c1-21-14-7-3-2-6-13(14)20-15(21)8-4-11-19-16(22)12-18(17(23)24)9-5-10-18/h2-3,6-7H,4-5,8-12H2,1H3,(H,19,22)(H,23,24). The molecule has 2 aromatic rings. The van der Waals surface area contributed by atoms with Crippen molar-refractivity contribution in [2.45, 2.75) is 38.5 Å². The summed E-state index contributed by atoms with van der Waals surface area (Å²) in [5.41, 5.74) is 1.26. The summed E-state index contributed by atoms with van der Waals surface area (Å²) in [5.74, 6) is -0.0165. The molecule has 0 atom stereocenters. The topological polar surface area (TPSA) is 84.2 Å². The number of carbonyl (C=O) groups is 2. The van der Waals surface area contributed by atoms with Gasteiger partial charge in [0.15, 0.2) is 0 Å². The number of aryl methyl sites for hydroxylation is 2. The first-order valence-electron chi connectivity index (χ1n) is 8.42. The van der Waals surface area contributed by atoms with Crippen LogP contribution in [0.25, 0.3) is 11.0 Å². The fourth-order valence-electron chi connectivity index (χ4n) is 3.33. The summed E-state index contributed by atoms with van der Waals surface area (Å²) >= 11 is 0. The number of imidazole rings is 1. The number of nitrogens with one attached hydrogen (secondary N) is 1. The van der Waals surface area contributed by atoms with Gasteiger partial charge >= 0.3 is 5.97 Å². The molecule has 1 aliphatic rings. The number of carboxylic acids is 1. The zero-order valence-corrected chi connectivity index (χ0v) is 13.9. The summed E-state index contributed by atoms with van der Waals surface area (Å²) in [5, 5.41) is 12.1. The van der Waals surface area contributed by atoms with E-state index in [1.54, 1.807) is 0 Å². The minimum atomic E-state index is -0.844. The molecule has 1 saturated carbocycles. The van der Waals surface area contributed by atoms with Gasteiger partial charge in [-0.05, 0) is 31.4 Å². The number of aromatic nitrogens is 2. The number of benzene rings is 1. The number of nitrogens with zero attached hydrogens (tertiary/aromatic N) is 2. The highest BCUT2D eigenvalue weighted by molar-refractivity contribution is 5.85. The molecule has 0 spiro atoms. The highest BCUT2D eigenvalue weighted by Gasteiger charge is 2.45. The summed E-state index contributed by atoms with van der Waals surface area (Å²) in [7, 11) is 2.00. The fourth-order valence-corrected chi connectivity index (χ4v) is 3.33. The van der Waals surface area contributed by atoms with E-state index in [4.69, 9.17) is 0 Å². The van der Waals surface area contributed by atoms with Gasteiger partial charge in [0.2, 0.25) is 5.91 Å². The minimum Gasteiger partial charge on any atom is -0.481 e. The van der Waals surface area contributed by atoms with Crippen molar-refractivity contribution in [3.8, 4) is 0 Å². The number of carboxylic acid groups (broad SMARTS) is 1. The average molecular weight is 329 g/mol. The number of aliphatic carboxylic acids is 1. The van der Waals surface area contributed by atoms with E-state index in [0.29, 0.717) is 19.4 Å². The Hall–Kier alpha value is -2.37. The van der Waals surface area contributed by atoms with Gasteiger partial charge in [-0.25, -0.2) is 4.98 Å². The third-order valence-electron chi connectivity index (χ3n) is 5.04. The number of rotatable bonds is 7. The van der Waals surface area contributed by atoms with Crippen molar-refractivity contribution in [3.63, 3.8) is 0 Å². The van der Waals surface area contributed by atoms with Crippen LogP contribution >= 0.6 is 0 Å². The van der Waals surface area contributed by atoms with Gasteiger partial charge in [0.25, 0.3) is 0 Å². The smallest absolute Gasteiger partial charge is 0.310 e. The normalized spacial score (nSPS) is 15.9. The van der Waals surface area contributed by atoms with Gasteiger partial charge in [0.1, 0.15) is 5.82 Å². The molecule has 1 aromatic carbocycles. The molecule has 1 aliphatic carbocycles. The van der Waals surface area contributed by atoms with E-state index in [1.807, 2.05) is 31.3 Å². The molecule has 0 radical (unpaired) electrons. The van der Waals surface area contributed by atoms with Crippen molar-refractivity contribution in [2.75, 3.05) is 6.54 Å². The van der Waals surface area contributed by atoms with Gasteiger partial charge in [-0.1, -0.05) is 18.6 Å². The van der Waals surface area contributed by atoms with Crippen LogP contribution in [0.5, 0.6) is 0 Å². The van der Waals surface area contributed by atoms with E-state index in [1.165, 1.54) is 0 Å². The summed E-state index contributed by atoms with van der Waals surface area (Å²) < 4.78 is 2.07.